The first-order valence-electron chi connectivity index (χ1n) is 7.16. The third kappa shape index (κ3) is 3.90. The highest BCUT2D eigenvalue weighted by molar-refractivity contribution is 6.35. The van der Waals surface area contributed by atoms with Gasteiger partial charge in [0.15, 0.2) is 0 Å². The first-order chi connectivity index (χ1) is 11.6. The van der Waals surface area contributed by atoms with Crippen molar-refractivity contribution in [2.45, 2.75) is 6.42 Å². The molecule has 3 aromatic rings. The van der Waals surface area contributed by atoms with E-state index < -0.39 is 5.69 Å². The average molecular weight is 362 g/mol. The fourth-order valence-electron chi connectivity index (χ4n) is 2.18. The summed E-state index contributed by atoms with van der Waals surface area (Å²) in [5.41, 5.74) is 1.25. The van der Waals surface area contributed by atoms with Crippen molar-refractivity contribution in [2.24, 2.45) is 0 Å². The summed E-state index contributed by atoms with van der Waals surface area (Å²) in [5.74, 6) is 0.647. The first-order valence-corrected chi connectivity index (χ1v) is 7.92. The van der Waals surface area contributed by atoms with Crippen molar-refractivity contribution in [2.75, 3.05) is 11.9 Å². The Morgan fingerprint density at radius 3 is 2.79 bits per heavy atom. The molecule has 0 amide bonds. The van der Waals surface area contributed by atoms with Gasteiger partial charge in [0.1, 0.15) is 18.5 Å². The predicted octanol–water partition coefficient (Wildman–Crippen LogP) is 2.98. The molecule has 0 bridgehead atoms. The SMILES string of the molecule is O=c1ncncn1-c1ccnc(NCCc2ccc(Cl)cc2Cl)c1. The van der Waals surface area contributed by atoms with E-state index in [0.717, 1.165) is 12.0 Å². The van der Waals surface area contributed by atoms with Gasteiger partial charge in [-0.1, -0.05) is 29.3 Å². The van der Waals surface area contributed by atoms with E-state index in [1.54, 1.807) is 24.4 Å². The Labute approximate surface area is 148 Å². The van der Waals surface area contributed by atoms with Crippen molar-refractivity contribution in [3.05, 3.63) is 75.3 Å². The zero-order valence-corrected chi connectivity index (χ0v) is 14.0. The van der Waals surface area contributed by atoms with Crippen molar-refractivity contribution in [3.8, 4) is 5.69 Å². The van der Waals surface area contributed by atoms with Crippen LogP contribution in [0.3, 0.4) is 0 Å². The lowest BCUT2D eigenvalue weighted by Gasteiger charge is -2.09. The second kappa shape index (κ2) is 7.42. The van der Waals surface area contributed by atoms with E-state index >= 15 is 0 Å². The predicted molar refractivity (Wildman–Crippen MR) is 94.1 cm³/mol. The Bertz CT molecular complexity index is 913. The fourth-order valence-corrected chi connectivity index (χ4v) is 2.69. The average Bonchev–Trinajstić information content (AvgIpc) is 2.57. The minimum Gasteiger partial charge on any atom is -0.370 e. The van der Waals surface area contributed by atoms with Gasteiger partial charge in [-0.25, -0.2) is 14.8 Å². The van der Waals surface area contributed by atoms with Crippen LogP contribution in [0.2, 0.25) is 10.0 Å². The lowest BCUT2D eigenvalue weighted by molar-refractivity contribution is 0.855. The minimum absolute atomic E-state index is 0.393. The maximum absolute atomic E-state index is 11.7. The lowest BCUT2D eigenvalue weighted by atomic mass is 10.1. The van der Waals surface area contributed by atoms with Gasteiger partial charge in [0, 0.05) is 28.9 Å². The molecule has 0 unspecified atom stereocenters. The molecule has 0 aliphatic heterocycles. The normalized spacial score (nSPS) is 10.6. The molecular formula is C16H13Cl2N5O. The summed E-state index contributed by atoms with van der Waals surface area (Å²) in [4.78, 5) is 23.5. The molecule has 1 N–H and O–H groups in total. The van der Waals surface area contributed by atoms with Gasteiger partial charge in [0.2, 0.25) is 0 Å². The van der Waals surface area contributed by atoms with Gasteiger partial charge in [-0.05, 0) is 30.2 Å². The Morgan fingerprint density at radius 2 is 2.00 bits per heavy atom. The van der Waals surface area contributed by atoms with Crippen molar-refractivity contribution < 1.29 is 0 Å². The van der Waals surface area contributed by atoms with E-state index in [2.05, 4.69) is 20.3 Å². The summed E-state index contributed by atoms with van der Waals surface area (Å²) in [5, 5.41) is 4.46. The van der Waals surface area contributed by atoms with Gasteiger partial charge in [-0.2, -0.15) is 4.98 Å². The lowest BCUT2D eigenvalue weighted by Crippen LogP contribution is -2.21. The largest absolute Gasteiger partial charge is 0.370 e. The van der Waals surface area contributed by atoms with Crippen LogP contribution in [0.4, 0.5) is 5.82 Å². The van der Waals surface area contributed by atoms with Gasteiger partial charge in [-0.3, -0.25) is 4.57 Å². The molecule has 2 heterocycles. The second-order valence-electron chi connectivity index (χ2n) is 4.97. The molecule has 1 aromatic carbocycles. The Balaban J connectivity index is 1.69. The highest BCUT2D eigenvalue weighted by atomic mass is 35.5. The third-order valence-electron chi connectivity index (χ3n) is 3.36. The van der Waals surface area contributed by atoms with Crippen molar-refractivity contribution in [3.63, 3.8) is 0 Å². The molecule has 0 saturated carbocycles. The van der Waals surface area contributed by atoms with Crippen LogP contribution in [0, 0.1) is 0 Å². The fraction of sp³-hybridized carbons (Fsp3) is 0.125. The van der Waals surface area contributed by atoms with Gasteiger partial charge in [-0.15, -0.1) is 0 Å². The van der Waals surface area contributed by atoms with Crippen LogP contribution in [0.5, 0.6) is 0 Å². The zero-order valence-electron chi connectivity index (χ0n) is 12.5. The Hall–Kier alpha value is -2.44. The van der Waals surface area contributed by atoms with E-state index in [9.17, 15) is 4.79 Å². The molecule has 0 atom stereocenters. The molecule has 24 heavy (non-hydrogen) atoms. The molecule has 2 aromatic heterocycles. The van der Waals surface area contributed by atoms with Gasteiger partial charge in [0.25, 0.3) is 0 Å². The van der Waals surface area contributed by atoms with E-state index in [1.807, 2.05) is 12.1 Å². The number of anilines is 1. The summed E-state index contributed by atoms with van der Waals surface area (Å²) in [7, 11) is 0. The number of pyridine rings is 1. The van der Waals surface area contributed by atoms with Crippen LogP contribution in [0.1, 0.15) is 5.56 Å². The third-order valence-corrected chi connectivity index (χ3v) is 3.95. The Morgan fingerprint density at radius 1 is 1.12 bits per heavy atom. The summed E-state index contributed by atoms with van der Waals surface area (Å²) in [6, 6.07) is 8.90. The van der Waals surface area contributed by atoms with Gasteiger partial charge < -0.3 is 5.32 Å². The molecule has 0 spiro atoms. The number of hydrogen-bond donors (Lipinski definition) is 1. The van der Waals surface area contributed by atoms with Crippen LogP contribution in [0.15, 0.2) is 54.0 Å². The number of benzene rings is 1. The smallest absolute Gasteiger partial charge is 0.354 e. The molecule has 0 fully saturated rings. The van der Waals surface area contributed by atoms with Crippen molar-refractivity contribution >= 4 is 29.0 Å². The number of hydrogen-bond acceptors (Lipinski definition) is 5. The highest BCUT2D eigenvalue weighted by Gasteiger charge is 2.04. The molecule has 0 aliphatic rings. The zero-order chi connectivity index (χ0) is 16.9. The molecule has 6 nitrogen and oxygen atoms in total. The van der Waals surface area contributed by atoms with Crippen molar-refractivity contribution in [1.29, 1.82) is 0 Å². The van der Waals surface area contributed by atoms with E-state index in [4.69, 9.17) is 23.2 Å². The number of nitrogens with zero attached hydrogens (tertiary/aromatic N) is 4. The van der Waals surface area contributed by atoms with Crippen LogP contribution in [-0.4, -0.2) is 26.1 Å². The Kier molecular flexibility index (Phi) is 5.08. The number of nitrogens with one attached hydrogen (secondary N) is 1. The summed E-state index contributed by atoms with van der Waals surface area (Å²) < 4.78 is 1.35. The maximum Gasteiger partial charge on any atom is 0.354 e. The maximum atomic E-state index is 11.7. The molecule has 0 radical (unpaired) electrons. The first kappa shape index (κ1) is 16.4. The van der Waals surface area contributed by atoms with E-state index in [0.29, 0.717) is 28.1 Å². The second-order valence-corrected chi connectivity index (χ2v) is 5.82. The highest BCUT2D eigenvalue weighted by Crippen LogP contribution is 2.21. The summed E-state index contributed by atoms with van der Waals surface area (Å²) >= 11 is 12.0. The summed E-state index contributed by atoms with van der Waals surface area (Å²) in [6.45, 7) is 0.637. The molecule has 0 saturated heterocycles. The van der Waals surface area contributed by atoms with Crippen LogP contribution in [-0.2, 0) is 6.42 Å². The standard InChI is InChI=1S/C16H13Cl2N5O/c17-12-2-1-11(14(18)7-12)3-5-20-15-8-13(4-6-21-15)23-10-19-9-22-16(23)24/h1-2,4,6-10H,3,5H2,(H,20,21). The summed E-state index contributed by atoms with van der Waals surface area (Å²) in [6.07, 6.45) is 4.97. The quantitative estimate of drug-likeness (QED) is 0.756. The molecule has 122 valence electrons. The van der Waals surface area contributed by atoms with E-state index in [1.165, 1.54) is 17.2 Å². The number of rotatable bonds is 5. The topological polar surface area (TPSA) is 72.7 Å². The molecule has 0 aliphatic carbocycles. The van der Waals surface area contributed by atoms with Gasteiger partial charge in [0.05, 0.1) is 5.69 Å². The minimum atomic E-state index is -0.393. The van der Waals surface area contributed by atoms with Crippen LogP contribution < -0.4 is 11.0 Å². The van der Waals surface area contributed by atoms with Crippen molar-refractivity contribution in [1.82, 2.24) is 19.5 Å². The van der Waals surface area contributed by atoms with Crippen LogP contribution >= 0.6 is 23.2 Å². The molecule has 8 heteroatoms. The number of halogens is 2. The van der Waals surface area contributed by atoms with E-state index in [-0.39, 0.29) is 0 Å². The molecular weight excluding hydrogens is 349 g/mol. The van der Waals surface area contributed by atoms with Gasteiger partial charge >= 0.3 is 5.69 Å². The number of aromatic nitrogens is 4. The molecule has 3 rings (SSSR count). The monoisotopic (exact) mass is 361 g/mol. The van der Waals surface area contributed by atoms with Crippen LogP contribution in [0.25, 0.3) is 5.69 Å².